The van der Waals surface area contributed by atoms with Gasteiger partial charge in [0.25, 0.3) is 0 Å². The molecule has 3 aromatic carbocycles. The molecule has 5 aromatic rings. The van der Waals surface area contributed by atoms with E-state index in [1.807, 2.05) is 0 Å². The number of rotatable bonds is 5. The molecule has 206 valence electrons. The number of phenols is 4. The Bertz CT molecular complexity index is 1970. The van der Waals surface area contributed by atoms with Gasteiger partial charge in [0.2, 0.25) is 11.2 Å². The predicted octanol–water partition coefficient (Wildman–Crippen LogP) is 2.87. The van der Waals surface area contributed by atoms with Crippen LogP contribution in [-0.4, -0.2) is 47.7 Å². The fourth-order valence-electron chi connectivity index (χ4n) is 4.92. The standard InChI is InChI=1S/C28H24N2O10/c1-29-15-6-4-12(8-16(15)30(2)28(29)38)14(10-21(35)39-3)22-19(33)11-20(34)23-24(36)25(37)26(40-27(22)23)13-5-7-17(31)18(32)9-13/h4-9,11,14,31-34,37H,10H2,1-3H3/t14-/m1/s1. The van der Waals surface area contributed by atoms with E-state index >= 15 is 0 Å². The van der Waals surface area contributed by atoms with Crippen LogP contribution >= 0.6 is 0 Å². The highest BCUT2D eigenvalue weighted by Gasteiger charge is 2.30. The van der Waals surface area contributed by atoms with Gasteiger partial charge in [0, 0.05) is 37.2 Å². The van der Waals surface area contributed by atoms with E-state index in [4.69, 9.17) is 9.15 Å². The normalized spacial score (nSPS) is 12.2. The van der Waals surface area contributed by atoms with E-state index in [0.29, 0.717) is 16.6 Å². The van der Waals surface area contributed by atoms with Gasteiger partial charge < -0.3 is 34.7 Å². The smallest absolute Gasteiger partial charge is 0.328 e. The van der Waals surface area contributed by atoms with Gasteiger partial charge in [-0.3, -0.25) is 18.7 Å². The first kappa shape index (κ1) is 26.2. The summed E-state index contributed by atoms with van der Waals surface area (Å²) in [4.78, 5) is 38.3. The van der Waals surface area contributed by atoms with Gasteiger partial charge in [-0.2, -0.15) is 0 Å². The number of esters is 1. The van der Waals surface area contributed by atoms with Crippen LogP contribution < -0.4 is 11.1 Å². The summed E-state index contributed by atoms with van der Waals surface area (Å²) in [6, 6.07) is 9.32. The van der Waals surface area contributed by atoms with Gasteiger partial charge in [-0.25, -0.2) is 4.79 Å². The van der Waals surface area contributed by atoms with Gasteiger partial charge in [-0.15, -0.1) is 0 Å². The third kappa shape index (κ3) is 3.97. The molecule has 40 heavy (non-hydrogen) atoms. The Morgan fingerprint density at radius 3 is 2.25 bits per heavy atom. The fourth-order valence-corrected chi connectivity index (χ4v) is 4.92. The zero-order valence-corrected chi connectivity index (χ0v) is 21.5. The number of hydrogen-bond acceptors (Lipinski definition) is 10. The summed E-state index contributed by atoms with van der Waals surface area (Å²) < 4.78 is 13.7. The molecular weight excluding hydrogens is 524 g/mol. The lowest BCUT2D eigenvalue weighted by Gasteiger charge is -2.21. The number of carbonyl (C=O) groups is 1. The van der Waals surface area contributed by atoms with E-state index in [-0.39, 0.29) is 28.8 Å². The van der Waals surface area contributed by atoms with Crippen LogP contribution in [0.5, 0.6) is 28.7 Å². The molecule has 12 heteroatoms. The first-order chi connectivity index (χ1) is 18.9. The average Bonchev–Trinajstić information content (AvgIpc) is 3.14. The number of phenolic OH excluding ortho intramolecular Hbond substituents is 4. The SMILES string of the molecule is COC(=O)C[C@H](c1ccc2c(c1)n(C)c(=O)n2C)c1c(O)cc(O)c2c(=O)c(O)c(-c3ccc(O)c(O)c3)oc12. The molecule has 0 unspecified atom stereocenters. The van der Waals surface area contributed by atoms with Crippen molar-refractivity contribution in [2.75, 3.05) is 7.11 Å². The number of carbonyl (C=O) groups excluding carboxylic acids is 1. The van der Waals surface area contributed by atoms with E-state index in [0.717, 1.165) is 18.2 Å². The van der Waals surface area contributed by atoms with Crippen molar-refractivity contribution in [3.05, 3.63) is 74.3 Å². The summed E-state index contributed by atoms with van der Waals surface area (Å²) in [6.07, 6.45) is -0.337. The van der Waals surface area contributed by atoms with E-state index < -0.39 is 57.2 Å². The molecule has 0 saturated heterocycles. The van der Waals surface area contributed by atoms with Crippen molar-refractivity contribution in [1.82, 2.24) is 9.13 Å². The minimum Gasteiger partial charge on any atom is -0.507 e. The highest BCUT2D eigenvalue weighted by atomic mass is 16.5. The maximum absolute atomic E-state index is 13.3. The molecule has 0 bridgehead atoms. The van der Waals surface area contributed by atoms with Gasteiger partial charge in [0.05, 0.1) is 24.6 Å². The number of fused-ring (bicyclic) bond motifs is 2. The molecule has 0 saturated carbocycles. The second kappa shape index (κ2) is 9.42. The number of nitrogens with zero attached hydrogens (tertiary/aromatic N) is 2. The Labute approximate surface area is 224 Å². The highest BCUT2D eigenvalue weighted by molar-refractivity contribution is 5.92. The maximum atomic E-state index is 13.3. The second-order valence-electron chi connectivity index (χ2n) is 9.33. The lowest BCUT2D eigenvalue weighted by atomic mass is 9.86. The molecule has 0 aliphatic heterocycles. The number of aromatic hydroxyl groups is 5. The lowest BCUT2D eigenvalue weighted by Crippen LogP contribution is -2.19. The summed E-state index contributed by atoms with van der Waals surface area (Å²) in [5.41, 5.74) is -0.135. The van der Waals surface area contributed by atoms with Crippen LogP contribution in [-0.2, 0) is 23.6 Å². The minimum absolute atomic E-state index is 0.00538. The molecule has 5 N–H and O–H groups in total. The summed E-state index contributed by atoms with van der Waals surface area (Å²) >= 11 is 0. The van der Waals surface area contributed by atoms with Crippen LogP contribution in [0.25, 0.3) is 33.3 Å². The van der Waals surface area contributed by atoms with E-state index in [1.54, 1.807) is 32.3 Å². The molecule has 1 atom stereocenters. The first-order valence-corrected chi connectivity index (χ1v) is 11.9. The van der Waals surface area contributed by atoms with Crippen molar-refractivity contribution in [2.45, 2.75) is 12.3 Å². The number of methoxy groups -OCH3 is 1. The van der Waals surface area contributed by atoms with Gasteiger partial charge in [0.1, 0.15) is 22.5 Å². The summed E-state index contributed by atoms with van der Waals surface area (Å²) in [5, 5.41) is 51.5. The topological polar surface area (TPSA) is 185 Å². The zero-order chi connectivity index (χ0) is 29.0. The Morgan fingerprint density at radius 2 is 1.57 bits per heavy atom. The minimum atomic E-state index is -1.04. The monoisotopic (exact) mass is 548 g/mol. The van der Waals surface area contributed by atoms with Crippen LogP contribution in [0.3, 0.4) is 0 Å². The van der Waals surface area contributed by atoms with Gasteiger partial charge in [0.15, 0.2) is 17.3 Å². The van der Waals surface area contributed by atoms with Crippen LogP contribution in [0.2, 0.25) is 0 Å². The quantitative estimate of drug-likeness (QED) is 0.162. The number of ether oxygens (including phenoxy) is 1. The van der Waals surface area contributed by atoms with Crippen LogP contribution in [0.4, 0.5) is 0 Å². The van der Waals surface area contributed by atoms with Crippen molar-refractivity contribution in [3.63, 3.8) is 0 Å². The van der Waals surface area contributed by atoms with E-state index in [1.165, 1.54) is 22.3 Å². The van der Waals surface area contributed by atoms with Crippen LogP contribution in [0.1, 0.15) is 23.5 Å². The number of benzene rings is 3. The Morgan fingerprint density at radius 1 is 0.875 bits per heavy atom. The molecular formula is C28H24N2O10. The molecule has 5 rings (SSSR count). The number of hydrogen-bond donors (Lipinski definition) is 5. The number of aromatic nitrogens is 2. The zero-order valence-electron chi connectivity index (χ0n) is 21.5. The third-order valence-corrected chi connectivity index (χ3v) is 7.02. The number of aryl methyl sites for hydroxylation is 2. The highest BCUT2D eigenvalue weighted by Crippen LogP contribution is 2.45. The van der Waals surface area contributed by atoms with Gasteiger partial charge in [-0.1, -0.05) is 6.07 Å². The summed E-state index contributed by atoms with van der Waals surface area (Å²) in [7, 11) is 4.38. The molecule has 2 heterocycles. The van der Waals surface area contributed by atoms with E-state index in [9.17, 15) is 39.9 Å². The van der Waals surface area contributed by atoms with Gasteiger partial charge in [-0.05, 0) is 35.9 Å². The fraction of sp³-hybridized carbons (Fsp3) is 0.179. The van der Waals surface area contributed by atoms with Crippen molar-refractivity contribution < 1.29 is 39.5 Å². The molecule has 12 nitrogen and oxygen atoms in total. The third-order valence-electron chi connectivity index (χ3n) is 7.02. The molecule has 0 radical (unpaired) electrons. The summed E-state index contributed by atoms with van der Waals surface area (Å²) in [6.45, 7) is 0. The molecule has 2 aromatic heterocycles. The van der Waals surface area contributed by atoms with Crippen molar-refractivity contribution in [1.29, 1.82) is 0 Å². The first-order valence-electron chi connectivity index (χ1n) is 11.9. The lowest BCUT2D eigenvalue weighted by molar-refractivity contribution is -0.140. The molecule has 0 spiro atoms. The Hall–Kier alpha value is -5.39. The maximum Gasteiger partial charge on any atom is 0.328 e. The summed E-state index contributed by atoms with van der Waals surface area (Å²) in [5.74, 6) is -5.20. The predicted molar refractivity (Wildman–Crippen MR) is 143 cm³/mol. The largest absolute Gasteiger partial charge is 0.507 e. The van der Waals surface area contributed by atoms with Crippen molar-refractivity contribution in [3.8, 4) is 40.1 Å². The average molecular weight is 549 g/mol. The van der Waals surface area contributed by atoms with Crippen molar-refractivity contribution >= 4 is 28.0 Å². The Kier molecular flexibility index (Phi) is 6.17. The van der Waals surface area contributed by atoms with Gasteiger partial charge >= 0.3 is 11.7 Å². The molecule has 0 aliphatic carbocycles. The second-order valence-corrected chi connectivity index (χ2v) is 9.33. The van der Waals surface area contributed by atoms with E-state index in [2.05, 4.69) is 0 Å². The molecule has 0 aliphatic rings. The number of imidazole rings is 1. The van der Waals surface area contributed by atoms with Crippen LogP contribution in [0, 0.1) is 0 Å². The Balaban J connectivity index is 1.86. The van der Waals surface area contributed by atoms with Crippen LogP contribution in [0.15, 0.2) is 56.5 Å². The molecule has 0 fully saturated rings. The van der Waals surface area contributed by atoms with Crippen molar-refractivity contribution in [2.24, 2.45) is 14.1 Å². The molecule has 0 amide bonds.